The summed E-state index contributed by atoms with van der Waals surface area (Å²) in [5.74, 6) is 0. The number of rotatable bonds is 5. The number of benzene rings is 1. The average molecular weight is 207 g/mol. The fourth-order valence-corrected chi connectivity index (χ4v) is 1.50. The largest absolute Gasteiger partial charge is 0.392 e. The van der Waals surface area contributed by atoms with Gasteiger partial charge in [-0.15, -0.1) is 0 Å². The van der Waals surface area contributed by atoms with Crippen molar-refractivity contribution in [2.75, 3.05) is 13.1 Å². The zero-order valence-corrected chi connectivity index (χ0v) is 9.88. The molecule has 1 unspecified atom stereocenters. The van der Waals surface area contributed by atoms with Crippen molar-refractivity contribution in [3.63, 3.8) is 0 Å². The molecule has 0 aliphatic rings. The van der Waals surface area contributed by atoms with E-state index in [0.29, 0.717) is 6.54 Å². The van der Waals surface area contributed by atoms with E-state index in [1.807, 2.05) is 0 Å². The lowest BCUT2D eigenvalue weighted by atomic mass is 10.0. The average Bonchev–Trinajstić information content (AvgIpc) is 2.18. The first-order chi connectivity index (χ1) is 7.09. The van der Waals surface area contributed by atoms with Crippen molar-refractivity contribution < 1.29 is 5.11 Å². The molecule has 0 heterocycles. The number of hydrogen-bond acceptors (Lipinski definition) is 2. The molecule has 2 N–H and O–H groups in total. The van der Waals surface area contributed by atoms with Gasteiger partial charge in [-0.25, -0.2) is 0 Å². The zero-order valence-electron chi connectivity index (χ0n) is 9.88. The Morgan fingerprint density at radius 1 is 1.27 bits per heavy atom. The Hall–Kier alpha value is -0.860. The number of hydrogen-bond donors (Lipinski definition) is 2. The van der Waals surface area contributed by atoms with E-state index in [1.54, 1.807) is 6.92 Å². The van der Waals surface area contributed by atoms with E-state index in [1.165, 1.54) is 16.7 Å². The summed E-state index contributed by atoms with van der Waals surface area (Å²) in [6.07, 6.45) is 0.762. The summed E-state index contributed by atoms with van der Waals surface area (Å²) in [6, 6.07) is 6.57. The lowest BCUT2D eigenvalue weighted by molar-refractivity contribution is 0.191. The monoisotopic (exact) mass is 207 g/mol. The molecule has 0 bridgehead atoms. The minimum absolute atomic E-state index is 0.259. The zero-order chi connectivity index (χ0) is 11.3. The molecule has 0 spiro atoms. The van der Waals surface area contributed by atoms with Gasteiger partial charge in [0.2, 0.25) is 0 Å². The highest BCUT2D eigenvalue weighted by Crippen LogP contribution is 2.09. The molecule has 0 saturated heterocycles. The third kappa shape index (κ3) is 4.45. The normalized spacial score (nSPS) is 12.8. The van der Waals surface area contributed by atoms with Gasteiger partial charge in [-0.05, 0) is 50.4 Å². The lowest BCUT2D eigenvalue weighted by Gasteiger charge is -2.08. The van der Waals surface area contributed by atoms with Crippen molar-refractivity contribution in [2.24, 2.45) is 0 Å². The second kappa shape index (κ2) is 5.89. The van der Waals surface area contributed by atoms with Crippen molar-refractivity contribution in [3.8, 4) is 0 Å². The van der Waals surface area contributed by atoms with Crippen LogP contribution in [0.3, 0.4) is 0 Å². The summed E-state index contributed by atoms with van der Waals surface area (Å²) in [4.78, 5) is 0. The highest BCUT2D eigenvalue weighted by atomic mass is 16.3. The van der Waals surface area contributed by atoms with Gasteiger partial charge < -0.3 is 10.4 Å². The third-order valence-electron chi connectivity index (χ3n) is 2.60. The SMILES string of the molecule is Cc1ccc(CCNCC(C)O)cc1C. The van der Waals surface area contributed by atoms with E-state index >= 15 is 0 Å². The Labute approximate surface area is 92.3 Å². The summed E-state index contributed by atoms with van der Waals surface area (Å²) in [5.41, 5.74) is 4.05. The predicted octanol–water partition coefficient (Wildman–Crippen LogP) is 1.82. The summed E-state index contributed by atoms with van der Waals surface area (Å²) >= 11 is 0. The van der Waals surface area contributed by atoms with Crippen LogP contribution in [0.2, 0.25) is 0 Å². The number of aliphatic hydroxyl groups is 1. The summed E-state index contributed by atoms with van der Waals surface area (Å²) in [7, 11) is 0. The van der Waals surface area contributed by atoms with Gasteiger partial charge in [-0.3, -0.25) is 0 Å². The molecule has 1 atom stereocenters. The van der Waals surface area contributed by atoms with E-state index in [4.69, 9.17) is 5.11 Å². The summed E-state index contributed by atoms with van der Waals surface area (Å²) < 4.78 is 0. The van der Waals surface area contributed by atoms with Gasteiger partial charge in [0.25, 0.3) is 0 Å². The molecule has 0 fully saturated rings. The molecule has 15 heavy (non-hydrogen) atoms. The maximum Gasteiger partial charge on any atom is 0.0636 e. The molecule has 2 heteroatoms. The second-order valence-corrected chi connectivity index (χ2v) is 4.22. The fourth-order valence-electron chi connectivity index (χ4n) is 1.50. The Morgan fingerprint density at radius 3 is 2.60 bits per heavy atom. The summed E-state index contributed by atoms with van der Waals surface area (Å²) in [5, 5.41) is 12.3. The van der Waals surface area contributed by atoms with Crippen LogP contribution in [0.4, 0.5) is 0 Å². The highest BCUT2D eigenvalue weighted by molar-refractivity contribution is 5.29. The van der Waals surface area contributed by atoms with Crippen LogP contribution in [0.5, 0.6) is 0 Å². The minimum Gasteiger partial charge on any atom is -0.392 e. The molecule has 0 aromatic heterocycles. The highest BCUT2D eigenvalue weighted by Gasteiger charge is 1.97. The number of aliphatic hydroxyl groups excluding tert-OH is 1. The van der Waals surface area contributed by atoms with Crippen molar-refractivity contribution in [1.82, 2.24) is 5.32 Å². The van der Waals surface area contributed by atoms with Crippen LogP contribution in [0, 0.1) is 13.8 Å². The molecule has 84 valence electrons. The van der Waals surface area contributed by atoms with Crippen LogP contribution >= 0.6 is 0 Å². The van der Waals surface area contributed by atoms with E-state index in [9.17, 15) is 0 Å². The number of aryl methyl sites for hydroxylation is 2. The van der Waals surface area contributed by atoms with Crippen molar-refractivity contribution in [1.29, 1.82) is 0 Å². The maximum absolute atomic E-state index is 9.07. The predicted molar refractivity (Wildman–Crippen MR) is 64.2 cm³/mol. The van der Waals surface area contributed by atoms with Crippen LogP contribution in [0.15, 0.2) is 18.2 Å². The first-order valence-electron chi connectivity index (χ1n) is 5.54. The molecule has 0 aliphatic carbocycles. The fraction of sp³-hybridized carbons (Fsp3) is 0.538. The van der Waals surface area contributed by atoms with Gasteiger partial charge in [0.05, 0.1) is 6.10 Å². The van der Waals surface area contributed by atoms with Crippen molar-refractivity contribution in [2.45, 2.75) is 33.3 Å². The molecule has 0 saturated carbocycles. The Bertz CT molecular complexity index is 307. The van der Waals surface area contributed by atoms with Crippen LogP contribution in [0.25, 0.3) is 0 Å². The quantitative estimate of drug-likeness (QED) is 0.722. The van der Waals surface area contributed by atoms with Crippen molar-refractivity contribution >= 4 is 0 Å². The van der Waals surface area contributed by atoms with Crippen LogP contribution in [-0.2, 0) is 6.42 Å². The Balaban J connectivity index is 2.35. The maximum atomic E-state index is 9.07. The summed E-state index contributed by atoms with van der Waals surface area (Å²) in [6.45, 7) is 7.66. The topological polar surface area (TPSA) is 32.3 Å². The first kappa shape index (κ1) is 12.2. The van der Waals surface area contributed by atoms with Gasteiger partial charge in [0, 0.05) is 6.54 Å². The number of nitrogens with one attached hydrogen (secondary N) is 1. The smallest absolute Gasteiger partial charge is 0.0636 e. The van der Waals surface area contributed by atoms with E-state index in [-0.39, 0.29) is 6.10 Å². The molecule has 1 aromatic rings. The molecule has 1 rings (SSSR count). The molecule has 0 radical (unpaired) electrons. The third-order valence-corrected chi connectivity index (χ3v) is 2.60. The van der Waals surface area contributed by atoms with Gasteiger partial charge in [-0.1, -0.05) is 18.2 Å². The Kier molecular flexibility index (Phi) is 4.79. The van der Waals surface area contributed by atoms with Gasteiger partial charge in [-0.2, -0.15) is 0 Å². The molecular weight excluding hydrogens is 186 g/mol. The Morgan fingerprint density at radius 2 is 2.00 bits per heavy atom. The van der Waals surface area contributed by atoms with Crippen molar-refractivity contribution in [3.05, 3.63) is 34.9 Å². The molecule has 0 amide bonds. The van der Waals surface area contributed by atoms with E-state index in [0.717, 1.165) is 13.0 Å². The minimum atomic E-state index is -0.259. The molecule has 1 aromatic carbocycles. The molecule has 0 aliphatic heterocycles. The molecular formula is C13H21NO. The van der Waals surface area contributed by atoms with Gasteiger partial charge >= 0.3 is 0 Å². The van der Waals surface area contributed by atoms with Crippen LogP contribution < -0.4 is 5.32 Å². The molecule has 2 nitrogen and oxygen atoms in total. The van der Waals surface area contributed by atoms with Crippen LogP contribution in [0.1, 0.15) is 23.6 Å². The van der Waals surface area contributed by atoms with E-state index < -0.39 is 0 Å². The standard InChI is InChI=1S/C13H21NO/c1-10-4-5-13(8-11(10)2)6-7-14-9-12(3)15/h4-5,8,12,14-15H,6-7,9H2,1-3H3. The second-order valence-electron chi connectivity index (χ2n) is 4.22. The lowest BCUT2D eigenvalue weighted by Crippen LogP contribution is -2.26. The van der Waals surface area contributed by atoms with Gasteiger partial charge in [0.1, 0.15) is 0 Å². The van der Waals surface area contributed by atoms with Crippen LogP contribution in [-0.4, -0.2) is 24.3 Å². The first-order valence-corrected chi connectivity index (χ1v) is 5.54. The van der Waals surface area contributed by atoms with Gasteiger partial charge in [0.15, 0.2) is 0 Å². The van der Waals surface area contributed by atoms with E-state index in [2.05, 4.69) is 37.4 Å².